The third-order valence-corrected chi connectivity index (χ3v) is 1.50. The van der Waals surface area contributed by atoms with Gasteiger partial charge in [-0.2, -0.15) is 0 Å². The van der Waals surface area contributed by atoms with Gasteiger partial charge in [0, 0.05) is 12.2 Å². The van der Waals surface area contributed by atoms with Crippen molar-refractivity contribution in [3.63, 3.8) is 0 Å². The van der Waals surface area contributed by atoms with Crippen LogP contribution in [-0.2, 0) is 0 Å². The second-order valence-electron chi connectivity index (χ2n) is 2.38. The summed E-state index contributed by atoms with van der Waals surface area (Å²) in [6.45, 7) is 11.1. The highest BCUT2D eigenvalue weighted by Crippen LogP contribution is 2.01. The van der Waals surface area contributed by atoms with E-state index < -0.39 is 0 Å². The normalized spacial score (nSPS) is 11.3. The van der Waals surface area contributed by atoms with Crippen molar-refractivity contribution in [2.24, 2.45) is 0 Å². The Labute approximate surface area is 63.8 Å². The van der Waals surface area contributed by atoms with Crippen molar-refractivity contribution in [1.29, 1.82) is 0 Å². The van der Waals surface area contributed by atoms with Gasteiger partial charge in [0.25, 0.3) is 0 Å². The topological polar surface area (TPSA) is 12.0 Å². The van der Waals surface area contributed by atoms with Gasteiger partial charge >= 0.3 is 0 Å². The van der Waals surface area contributed by atoms with Crippen LogP contribution in [0.5, 0.6) is 0 Å². The minimum atomic E-state index is 1.02. The molecule has 0 radical (unpaired) electrons. The second kappa shape index (κ2) is 5.10. The van der Waals surface area contributed by atoms with E-state index in [2.05, 4.69) is 31.8 Å². The predicted octanol–water partition coefficient (Wildman–Crippen LogP) is 2.47. The standard InChI is InChI=1S/C9H17N/c1-5-7-10-9(4)8(3)6-2/h6,10H,4-5,7H2,1-3H3/b8-6+. The maximum absolute atomic E-state index is 3.88. The van der Waals surface area contributed by atoms with Crippen LogP contribution in [0.2, 0.25) is 0 Å². The van der Waals surface area contributed by atoms with Gasteiger partial charge in [-0.3, -0.25) is 0 Å². The summed E-state index contributed by atoms with van der Waals surface area (Å²) >= 11 is 0. The van der Waals surface area contributed by atoms with Crippen molar-refractivity contribution >= 4 is 0 Å². The lowest BCUT2D eigenvalue weighted by Gasteiger charge is -2.07. The summed E-state index contributed by atoms with van der Waals surface area (Å²) < 4.78 is 0. The molecule has 0 aromatic carbocycles. The van der Waals surface area contributed by atoms with Crippen LogP contribution in [-0.4, -0.2) is 6.54 Å². The molecule has 0 rings (SSSR count). The third kappa shape index (κ3) is 3.33. The molecule has 0 aromatic heterocycles. The third-order valence-electron chi connectivity index (χ3n) is 1.50. The lowest BCUT2D eigenvalue weighted by molar-refractivity contribution is 0.777. The zero-order valence-electron chi connectivity index (χ0n) is 7.20. The van der Waals surface area contributed by atoms with Gasteiger partial charge in [-0.15, -0.1) is 0 Å². The van der Waals surface area contributed by atoms with Crippen LogP contribution < -0.4 is 5.32 Å². The molecule has 0 heterocycles. The van der Waals surface area contributed by atoms with Gasteiger partial charge in [0.15, 0.2) is 0 Å². The van der Waals surface area contributed by atoms with Gasteiger partial charge in [0.2, 0.25) is 0 Å². The Morgan fingerprint density at radius 3 is 2.60 bits per heavy atom. The van der Waals surface area contributed by atoms with Crippen LogP contribution in [0.4, 0.5) is 0 Å². The zero-order chi connectivity index (χ0) is 7.98. The highest BCUT2D eigenvalue weighted by atomic mass is 14.9. The van der Waals surface area contributed by atoms with Gasteiger partial charge in [-0.1, -0.05) is 19.6 Å². The minimum Gasteiger partial charge on any atom is -0.385 e. The van der Waals surface area contributed by atoms with Gasteiger partial charge < -0.3 is 5.32 Å². The van der Waals surface area contributed by atoms with Crippen molar-refractivity contribution in [1.82, 2.24) is 5.32 Å². The van der Waals surface area contributed by atoms with Crippen LogP contribution in [0.1, 0.15) is 27.2 Å². The van der Waals surface area contributed by atoms with Crippen LogP contribution >= 0.6 is 0 Å². The first-order chi connectivity index (χ1) is 4.72. The summed E-state index contributed by atoms with van der Waals surface area (Å²) in [4.78, 5) is 0. The molecule has 1 nitrogen and oxygen atoms in total. The van der Waals surface area contributed by atoms with Crippen LogP contribution in [0.25, 0.3) is 0 Å². The fourth-order valence-corrected chi connectivity index (χ4v) is 0.590. The zero-order valence-corrected chi connectivity index (χ0v) is 7.20. The molecule has 1 heteroatoms. The Hall–Kier alpha value is -0.720. The Balaban J connectivity index is 3.63. The molecule has 0 atom stereocenters. The number of hydrogen-bond acceptors (Lipinski definition) is 1. The predicted molar refractivity (Wildman–Crippen MR) is 46.9 cm³/mol. The Morgan fingerprint density at radius 1 is 1.60 bits per heavy atom. The first kappa shape index (κ1) is 9.28. The van der Waals surface area contributed by atoms with Crippen molar-refractivity contribution in [3.8, 4) is 0 Å². The summed E-state index contributed by atoms with van der Waals surface area (Å²) in [5, 5.41) is 3.22. The molecule has 0 amide bonds. The molecule has 0 aromatic rings. The molecule has 0 spiro atoms. The molecule has 0 fully saturated rings. The van der Waals surface area contributed by atoms with Gasteiger partial charge in [0.1, 0.15) is 0 Å². The lowest BCUT2D eigenvalue weighted by Crippen LogP contribution is -2.13. The summed E-state index contributed by atoms with van der Waals surface area (Å²) in [6.07, 6.45) is 3.21. The van der Waals surface area contributed by atoms with Gasteiger partial charge in [0.05, 0.1) is 0 Å². The summed E-state index contributed by atoms with van der Waals surface area (Å²) in [6, 6.07) is 0. The number of rotatable bonds is 4. The Kier molecular flexibility index (Phi) is 4.73. The monoisotopic (exact) mass is 139 g/mol. The first-order valence-corrected chi connectivity index (χ1v) is 3.78. The van der Waals surface area contributed by atoms with E-state index >= 15 is 0 Å². The highest BCUT2D eigenvalue weighted by Gasteiger charge is 1.91. The van der Waals surface area contributed by atoms with E-state index in [1.54, 1.807) is 0 Å². The van der Waals surface area contributed by atoms with Crippen molar-refractivity contribution in [2.75, 3.05) is 6.54 Å². The molecule has 1 N–H and O–H groups in total. The lowest BCUT2D eigenvalue weighted by atomic mass is 10.2. The average Bonchev–Trinajstić information content (AvgIpc) is 1.98. The van der Waals surface area contributed by atoms with Crippen LogP contribution in [0.15, 0.2) is 23.9 Å². The summed E-state index contributed by atoms with van der Waals surface area (Å²) in [5.74, 6) is 0. The van der Waals surface area contributed by atoms with Crippen molar-refractivity contribution in [3.05, 3.63) is 23.9 Å². The van der Waals surface area contributed by atoms with E-state index in [1.165, 1.54) is 5.57 Å². The average molecular weight is 139 g/mol. The van der Waals surface area contributed by atoms with Crippen LogP contribution in [0, 0.1) is 0 Å². The van der Waals surface area contributed by atoms with E-state index in [1.807, 2.05) is 6.92 Å². The smallest absolute Gasteiger partial charge is 0.0293 e. The van der Waals surface area contributed by atoms with Crippen molar-refractivity contribution in [2.45, 2.75) is 27.2 Å². The first-order valence-electron chi connectivity index (χ1n) is 3.78. The molecule has 0 saturated heterocycles. The number of nitrogens with one attached hydrogen (secondary N) is 1. The quantitative estimate of drug-likeness (QED) is 0.590. The molecular weight excluding hydrogens is 122 g/mol. The molecule has 0 aliphatic rings. The summed E-state index contributed by atoms with van der Waals surface area (Å²) in [5.41, 5.74) is 2.28. The fraction of sp³-hybridized carbons (Fsp3) is 0.556. The van der Waals surface area contributed by atoms with E-state index in [9.17, 15) is 0 Å². The molecule has 10 heavy (non-hydrogen) atoms. The van der Waals surface area contributed by atoms with E-state index in [0.29, 0.717) is 0 Å². The maximum atomic E-state index is 3.88. The van der Waals surface area contributed by atoms with Gasteiger partial charge in [-0.05, 0) is 25.8 Å². The van der Waals surface area contributed by atoms with Gasteiger partial charge in [-0.25, -0.2) is 0 Å². The van der Waals surface area contributed by atoms with E-state index in [-0.39, 0.29) is 0 Å². The van der Waals surface area contributed by atoms with Crippen LogP contribution in [0.3, 0.4) is 0 Å². The maximum Gasteiger partial charge on any atom is 0.0293 e. The largest absolute Gasteiger partial charge is 0.385 e. The SMILES string of the molecule is C=C(NCCC)/C(C)=C/C. The Bertz CT molecular complexity index is 134. The number of allylic oxidation sites excluding steroid dienone is 2. The second-order valence-corrected chi connectivity index (χ2v) is 2.38. The van der Waals surface area contributed by atoms with Crippen molar-refractivity contribution < 1.29 is 0 Å². The minimum absolute atomic E-state index is 1.02. The molecule has 0 saturated carbocycles. The molecule has 0 bridgehead atoms. The molecular formula is C9H17N. The highest BCUT2D eigenvalue weighted by molar-refractivity contribution is 5.23. The fourth-order valence-electron chi connectivity index (χ4n) is 0.590. The molecule has 0 aliphatic carbocycles. The van der Waals surface area contributed by atoms with E-state index in [4.69, 9.17) is 0 Å². The molecule has 0 aliphatic heterocycles. The van der Waals surface area contributed by atoms with E-state index in [0.717, 1.165) is 18.7 Å². The Morgan fingerprint density at radius 2 is 2.20 bits per heavy atom. The molecule has 58 valence electrons. The number of hydrogen-bond donors (Lipinski definition) is 1. The molecule has 0 unspecified atom stereocenters. The summed E-state index contributed by atoms with van der Waals surface area (Å²) in [7, 11) is 0.